The minimum absolute atomic E-state index is 0.242. The molecule has 1 aliphatic rings. The number of nitrogens with zero attached hydrogens (tertiary/aromatic N) is 1. The third-order valence-electron chi connectivity index (χ3n) is 0.974. The van der Waals surface area contributed by atoms with Crippen LogP contribution in [0.15, 0.2) is 4.99 Å². The van der Waals surface area contributed by atoms with E-state index in [1.165, 1.54) is 0 Å². The Balaban J connectivity index is 2.23. The third-order valence-corrected chi connectivity index (χ3v) is 2.03. The minimum atomic E-state index is 0.242. The average Bonchev–Trinajstić information content (AvgIpc) is 2.19. The molecule has 3 heteroatoms. The maximum absolute atomic E-state index is 8.43. The molecular weight excluding hydrogens is 122 g/mol. The summed E-state index contributed by atoms with van der Waals surface area (Å²) in [5.41, 5.74) is 0. The van der Waals surface area contributed by atoms with Crippen molar-refractivity contribution >= 4 is 16.8 Å². The summed E-state index contributed by atoms with van der Waals surface area (Å²) >= 11 is 1.76. The van der Waals surface area contributed by atoms with Crippen LogP contribution in [0.4, 0.5) is 0 Å². The molecule has 0 amide bonds. The Morgan fingerprint density at radius 2 is 2.62 bits per heavy atom. The number of hydrogen-bond donors (Lipinski definition) is 1. The van der Waals surface area contributed by atoms with Crippen LogP contribution in [0.2, 0.25) is 0 Å². The number of aliphatic imine (C=N–C) groups is 1. The van der Waals surface area contributed by atoms with E-state index < -0.39 is 0 Å². The number of aliphatic hydroxyl groups is 1. The van der Waals surface area contributed by atoms with Gasteiger partial charge in [-0.05, 0) is 0 Å². The van der Waals surface area contributed by atoms with Crippen molar-refractivity contribution < 1.29 is 5.11 Å². The van der Waals surface area contributed by atoms with Crippen molar-refractivity contribution in [2.45, 2.75) is 6.42 Å². The summed E-state index contributed by atoms with van der Waals surface area (Å²) in [5.74, 6) is 1.11. The fraction of sp³-hybridized carbons (Fsp3) is 0.800. The van der Waals surface area contributed by atoms with Crippen molar-refractivity contribution in [3.8, 4) is 0 Å². The quantitative estimate of drug-likeness (QED) is 0.592. The van der Waals surface area contributed by atoms with Crippen LogP contribution in [0, 0.1) is 0 Å². The lowest BCUT2D eigenvalue weighted by Gasteiger charge is -1.90. The predicted molar refractivity (Wildman–Crippen MR) is 36.5 cm³/mol. The van der Waals surface area contributed by atoms with Gasteiger partial charge in [0.15, 0.2) is 0 Å². The molecule has 0 unspecified atom stereocenters. The molecule has 0 atom stereocenters. The van der Waals surface area contributed by atoms with Gasteiger partial charge < -0.3 is 5.11 Å². The molecule has 1 N–H and O–H groups in total. The first-order chi connectivity index (χ1) is 3.93. The van der Waals surface area contributed by atoms with Gasteiger partial charge in [0, 0.05) is 25.3 Å². The summed E-state index contributed by atoms with van der Waals surface area (Å²) in [6.07, 6.45) is 0.755. The molecule has 0 aromatic rings. The zero-order valence-electron chi connectivity index (χ0n) is 4.63. The van der Waals surface area contributed by atoms with Gasteiger partial charge >= 0.3 is 0 Å². The van der Waals surface area contributed by atoms with Crippen LogP contribution in [0.1, 0.15) is 6.42 Å². The van der Waals surface area contributed by atoms with Crippen LogP contribution < -0.4 is 0 Å². The van der Waals surface area contributed by atoms with Crippen molar-refractivity contribution in [2.75, 3.05) is 18.9 Å². The van der Waals surface area contributed by atoms with E-state index in [9.17, 15) is 0 Å². The van der Waals surface area contributed by atoms with Crippen molar-refractivity contribution in [3.63, 3.8) is 0 Å². The van der Waals surface area contributed by atoms with E-state index in [4.69, 9.17) is 5.11 Å². The maximum atomic E-state index is 8.43. The fourth-order valence-corrected chi connectivity index (χ4v) is 1.46. The van der Waals surface area contributed by atoms with Gasteiger partial charge in [-0.2, -0.15) is 0 Å². The molecule has 1 heterocycles. The molecule has 8 heavy (non-hydrogen) atoms. The SMILES string of the molecule is OCCC1=NCCS1. The molecule has 0 aromatic heterocycles. The Morgan fingerprint density at radius 1 is 1.75 bits per heavy atom. The van der Waals surface area contributed by atoms with Gasteiger partial charge in [-0.3, -0.25) is 4.99 Å². The lowest BCUT2D eigenvalue weighted by molar-refractivity contribution is 0.308. The first-order valence-corrected chi connectivity index (χ1v) is 3.69. The lowest BCUT2D eigenvalue weighted by atomic mass is 10.5. The van der Waals surface area contributed by atoms with Gasteiger partial charge in [-0.15, -0.1) is 11.8 Å². The second-order valence-electron chi connectivity index (χ2n) is 1.60. The smallest absolute Gasteiger partial charge is 0.0699 e. The average molecular weight is 131 g/mol. The lowest BCUT2D eigenvalue weighted by Crippen LogP contribution is -1.91. The highest BCUT2D eigenvalue weighted by Crippen LogP contribution is 2.13. The van der Waals surface area contributed by atoms with Crippen LogP contribution in [-0.4, -0.2) is 29.1 Å². The first-order valence-electron chi connectivity index (χ1n) is 2.70. The molecule has 0 spiro atoms. The van der Waals surface area contributed by atoms with Gasteiger partial charge in [0.2, 0.25) is 0 Å². The summed E-state index contributed by atoms with van der Waals surface area (Å²) in [4.78, 5) is 4.15. The molecule has 1 aliphatic heterocycles. The van der Waals surface area contributed by atoms with Crippen LogP contribution in [-0.2, 0) is 0 Å². The summed E-state index contributed by atoms with van der Waals surface area (Å²) < 4.78 is 0. The molecule has 0 fully saturated rings. The molecule has 46 valence electrons. The van der Waals surface area contributed by atoms with Crippen LogP contribution in [0.5, 0.6) is 0 Å². The van der Waals surface area contributed by atoms with Gasteiger partial charge in [0.1, 0.15) is 0 Å². The second-order valence-corrected chi connectivity index (χ2v) is 2.77. The Hall–Kier alpha value is -0.0200. The topological polar surface area (TPSA) is 32.6 Å². The molecule has 0 saturated carbocycles. The Labute approximate surface area is 53.0 Å². The van der Waals surface area contributed by atoms with Crippen LogP contribution in [0.25, 0.3) is 0 Å². The van der Waals surface area contributed by atoms with Crippen molar-refractivity contribution in [1.82, 2.24) is 0 Å². The molecule has 0 aromatic carbocycles. The molecule has 0 bridgehead atoms. The fourth-order valence-electron chi connectivity index (χ4n) is 0.626. The van der Waals surface area contributed by atoms with Crippen molar-refractivity contribution in [1.29, 1.82) is 0 Å². The van der Waals surface area contributed by atoms with E-state index in [-0.39, 0.29) is 6.61 Å². The number of aliphatic hydroxyl groups excluding tert-OH is 1. The molecule has 2 nitrogen and oxygen atoms in total. The van der Waals surface area contributed by atoms with Crippen molar-refractivity contribution in [2.24, 2.45) is 4.99 Å². The van der Waals surface area contributed by atoms with E-state index in [0.717, 1.165) is 23.8 Å². The summed E-state index contributed by atoms with van der Waals surface area (Å²) in [5, 5.41) is 9.55. The highest BCUT2D eigenvalue weighted by Gasteiger charge is 2.04. The van der Waals surface area contributed by atoms with Crippen LogP contribution >= 0.6 is 11.8 Å². The van der Waals surface area contributed by atoms with E-state index in [1.54, 1.807) is 11.8 Å². The molecular formula is C5H9NOS. The minimum Gasteiger partial charge on any atom is -0.396 e. The van der Waals surface area contributed by atoms with Gasteiger partial charge in [-0.1, -0.05) is 0 Å². The summed E-state index contributed by atoms with van der Waals surface area (Å²) in [7, 11) is 0. The molecule has 0 radical (unpaired) electrons. The normalized spacial score (nSPS) is 18.9. The van der Waals surface area contributed by atoms with E-state index in [0.29, 0.717) is 0 Å². The number of thioether (sulfide) groups is 1. The van der Waals surface area contributed by atoms with Crippen molar-refractivity contribution in [3.05, 3.63) is 0 Å². The Bertz CT molecular complexity index is 103. The standard InChI is InChI=1S/C5H9NOS/c7-3-1-5-6-2-4-8-5/h7H,1-4H2. The highest BCUT2D eigenvalue weighted by atomic mass is 32.2. The first kappa shape index (κ1) is 6.11. The molecule has 1 rings (SSSR count). The largest absolute Gasteiger partial charge is 0.396 e. The zero-order chi connectivity index (χ0) is 5.82. The molecule has 0 aliphatic carbocycles. The third kappa shape index (κ3) is 1.49. The van der Waals surface area contributed by atoms with Crippen LogP contribution in [0.3, 0.4) is 0 Å². The summed E-state index contributed by atoms with van der Waals surface area (Å²) in [6.45, 7) is 1.19. The highest BCUT2D eigenvalue weighted by molar-refractivity contribution is 8.14. The predicted octanol–water partition coefficient (Wildman–Crippen LogP) is 0.514. The monoisotopic (exact) mass is 131 g/mol. The maximum Gasteiger partial charge on any atom is 0.0699 e. The van der Waals surface area contributed by atoms with Gasteiger partial charge in [0.25, 0.3) is 0 Å². The van der Waals surface area contributed by atoms with E-state index >= 15 is 0 Å². The number of rotatable bonds is 2. The second kappa shape index (κ2) is 3.10. The zero-order valence-corrected chi connectivity index (χ0v) is 5.45. The van der Waals surface area contributed by atoms with E-state index in [2.05, 4.69) is 4.99 Å². The van der Waals surface area contributed by atoms with E-state index in [1.807, 2.05) is 0 Å². The molecule has 0 saturated heterocycles. The Kier molecular flexibility index (Phi) is 2.36. The summed E-state index contributed by atoms with van der Waals surface area (Å²) in [6, 6.07) is 0. The van der Waals surface area contributed by atoms with Gasteiger partial charge in [0.05, 0.1) is 5.04 Å². The Morgan fingerprint density at radius 3 is 3.12 bits per heavy atom. The number of hydrogen-bond acceptors (Lipinski definition) is 3. The van der Waals surface area contributed by atoms with Gasteiger partial charge in [-0.25, -0.2) is 0 Å².